The minimum atomic E-state index is -0.0958. The zero-order valence-electron chi connectivity index (χ0n) is 13.2. The fourth-order valence-electron chi connectivity index (χ4n) is 3.55. The van der Waals surface area contributed by atoms with Crippen LogP contribution in [0.1, 0.15) is 43.6 Å². The van der Waals surface area contributed by atoms with Gasteiger partial charge in [-0.1, -0.05) is 24.4 Å². The Morgan fingerprint density at radius 1 is 1.41 bits per heavy atom. The van der Waals surface area contributed by atoms with Crippen molar-refractivity contribution >= 4 is 5.91 Å². The van der Waals surface area contributed by atoms with Crippen molar-refractivity contribution in [2.24, 2.45) is 0 Å². The summed E-state index contributed by atoms with van der Waals surface area (Å²) in [5, 5.41) is 3.86. The van der Waals surface area contributed by atoms with E-state index < -0.39 is 0 Å². The Kier molecular flexibility index (Phi) is 4.78. The van der Waals surface area contributed by atoms with E-state index in [9.17, 15) is 4.79 Å². The van der Waals surface area contributed by atoms with Crippen molar-refractivity contribution in [2.45, 2.75) is 51.2 Å². The lowest BCUT2D eigenvalue weighted by Gasteiger charge is -2.49. The third kappa shape index (κ3) is 3.33. The van der Waals surface area contributed by atoms with Gasteiger partial charge >= 0.3 is 0 Å². The summed E-state index contributed by atoms with van der Waals surface area (Å²) in [6.07, 6.45) is 5.69. The highest BCUT2D eigenvalue weighted by molar-refractivity contribution is 5.78. The standard InChI is InChI=1S/C16H24N2O4/c1-13-9-14(17-22-13)10-21-11-15(19)18-7-8-20-12-16(18)5-3-2-4-6-16/h9H,2-8,10-12H2,1H3. The summed E-state index contributed by atoms with van der Waals surface area (Å²) in [5.41, 5.74) is 0.626. The smallest absolute Gasteiger partial charge is 0.249 e. The maximum absolute atomic E-state index is 12.6. The zero-order chi connectivity index (χ0) is 15.4. The van der Waals surface area contributed by atoms with Crippen molar-refractivity contribution in [1.82, 2.24) is 10.1 Å². The Balaban J connectivity index is 1.55. The number of amides is 1. The fraction of sp³-hybridized carbons (Fsp3) is 0.750. The molecular weight excluding hydrogens is 284 g/mol. The van der Waals surface area contributed by atoms with Gasteiger partial charge in [0.2, 0.25) is 5.91 Å². The number of ether oxygens (including phenoxy) is 2. The van der Waals surface area contributed by atoms with E-state index in [-0.39, 0.29) is 18.1 Å². The number of hydrogen-bond acceptors (Lipinski definition) is 5. The fourth-order valence-corrected chi connectivity index (χ4v) is 3.55. The molecule has 6 nitrogen and oxygen atoms in total. The molecule has 1 aromatic rings. The van der Waals surface area contributed by atoms with Crippen molar-refractivity contribution in [2.75, 3.05) is 26.4 Å². The molecule has 2 aliphatic rings. The number of carbonyl (C=O) groups excluding carboxylic acids is 1. The first-order valence-electron chi connectivity index (χ1n) is 8.08. The Labute approximate surface area is 130 Å². The molecule has 3 rings (SSSR count). The molecule has 0 unspecified atom stereocenters. The molecule has 22 heavy (non-hydrogen) atoms. The normalized spacial score (nSPS) is 21.2. The lowest BCUT2D eigenvalue weighted by atomic mass is 9.80. The van der Waals surface area contributed by atoms with Crippen molar-refractivity contribution in [3.63, 3.8) is 0 Å². The number of morpholine rings is 1. The van der Waals surface area contributed by atoms with Gasteiger partial charge in [-0.05, 0) is 19.8 Å². The topological polar surface area (TPSA) is 64.8 Å². The van der Waals surface area contributed by atoms with Gasteiger partial charge in [0.15, 0.2) is 0 Å². The van der Waals surface area contributed by atoms with Crippen molar-refractivity contribution < 1.29 is 18.8 Å². The summed E-state index contributed by atoms with van der Waals surface area (Å²) in [6, 6.07) is 1.82. The van der Waals surface area contributed by atoms with Crippen LogP contribution in [0.4, 0.5) is 0 Å². The number of aromatic nitrogens is 1. The van der Waals surface area contributed by atoms with Crippen LogP contribution in [-0.2, 0) is 20.9 Å². The Hall–Kier alpha value is -1.40. The molecule has 1 amide bonds. The molecule has 1 aliphatic heterocycles. The first-order chi connectivity index (χ1) is 10.7. The maximum atomic E-state index is 12.6. The first kappa shape index (κ1) is 15.5. The number of aryl methyl sites for hydroxylation is 1. The van der Waals surface area contributed by atoms with Crippen LogP contribution >= 0.6 is 0 Å². The van der Waals surface area contributed by atoms with Crippen LogP contribution in [0.2, 0.25) is 0 Å². The number of rotatable bonds is 4. The number of hydrogen-bond donors (Lipinski definition) is 0. The third-order valence-corrected chi connectivity index (χ3v) is 4.64. The molecule has 0 aromatic carbocycles. The summed E-state index contributed by atoms with van der Waals surface area (Å²) in [4.78, 5) is 14.6. The van der Waals surface area contributed by atoms with Crippen molar-refractivity contribution in [3.8, 4) is 0 Å². The molecule has 0 bridgehead atoms. The second kappa shape index (κ2) is 6.79. The number of carbonyl (C=O) groups is 1. The molecule has 0 N–H and O–H groups in total. The molecule has 6 heteroatoms. The molecule has 2 heterocycles. The Morgan fingerprint density at radius 2 is 2.23 bits per heavy atom. The summed E-state index contributed by atoms with van der Waals surface area (Å²) in [6.45, 7) is 4.19. The maximum Gasteiger partial charge on any atom is 0.249 e. The number of nitrogens with zero attached hydrogens (tertiary/aromatic N) is 2. The van der Waals surface area contributed by atoms with Crippen LogP contribution in [0, 0.1) is 6.92 Å². The van der Waals surface area contributed by atoms with Crippen molar-refractivity contribution in [1.29, 1.82) is 0 Å². The first-order valence-corrected chi connectivity index (χ1v) is 8.08. The van der Waals surface area contributed by atoms with Crippen molar-refractivity contribution in [3.05, 3.63) is 17.5 Å². The monoisotopic (exact) mass is 308 g/mol. The van der Waals surface area contributed by atoms with Crippen LogP contribution in [0.5, 0.6) is 0 Å². The highest BCUT2D eigenvalue weighted by Gasteiger charge is 2.42. The van der Waals surface area contributed by atoms with Crippen LogP contribution in [0.3, 0.4) is 0 Å². The Morgan fingerprint density at radius 3 is 2.95 bits per heavy atom. The molecule has 2 fully saturated rings. The third-order valence-electron chi connectivity index (χ3n) is 4.64. The largest absolute Gasteiger partial charge is 0.377 e. The highest BCUT2D eigenvalue weighted by atomic mass is 16.5. The van der Waals surface area contributed by atoms with Gasteiger partial charge in [0.05, 0.1) is 25.4 Å². The average molecular weight is 308 g/mol. The molecule has 0 radical (unpaired) electrons. The Bertz CT molecular complexity index is 500. The second-order valence-corrected chi connectivity index (χ2v) is 6.30. The zero-order valence-corrected chi connectivity index (χ0v) is 13.2. The van der Waals surface area contributed by atoms with Gasteiger partial charge in [0.25, 0.3) is 0 Å². The van der Waals surface area contributed by atoms with E-state index >= 15 is 0 Å². The van der Waals surface area contributed by atoms with E-state index in [1.54, 1.807) is 0 Å². The lowest BCUT2D eigenvalue weighted by molar-refractivity contribution is -0.158. The van der Waals surface area contributed by atoms with E-state index in [2.05, 4.69) is 5.16 Å². The second-order valence-electron chi connectivity index (χ2n) is 6.30. The molecular formula is C16H24N2O4. The lowest BCUT2D eigenvalue weighted by Crippen LogP contribution is -2.60. The van der Waals surface area contributed by atoms with Gasteiger partial charge in [-0.15, -0.1) is 0 Å². The van der Waals surface area contributed by atoms with Gasteiger partial charge in [0, 0.05) is 12.6 Å². The SMILES string of the molecule is Cc1cc(COCC(=O)N2CCOCC23CCCCC3)no1. The van der Waals surface area contributed by atoms with Crippen LogP contribution < -0.4 is 0 Å². The van der Waals surface area contributed by atoms with Crippen LogP contribution in [-0.4, -0.2) is 47.9 Å². The molecule has 1 spiro atoms. The average Bonchev–Trinajstić information content (AvgIpc) is 2.94. The molecule has 1 saturated heterocycles. The highest BCUT2D eigenvalue weighted by Crippen LogP contribution is 2.35. The van der Waals surface area contributed by atoms with E-state index in [4.69, 9.17) is 14.0 Å². The molecule has 1 aliphatic carbocycles. The van der Waals surface area contributed by atoms with E-state index in [0.717, 1.165) is 24.3 Å². The van der Waals surface area contributed by atoms with E-state index in [1.165, 1.54) is 19.3 Å². The van der Waals surface area contributed by atoms with E-state index in [1.807, 2.05) is 17.9 Å². The van der Waals surface area contributed by atoms with Gasteiger partial charge < -0.3 is 18.9 Å². The van der Waals surface area contributed by atoms with Crippen LogP contribution in [0.15, 0.2) is 10.6 Å². The van der Waals surface area contributed by atoms with Gasteiger partial charge in [-0.25, -0.2) is 0 Å². The summed E-state index contributed by atoms with van der Waals surface area (Å²) in [5.74, 6) is 0.810. The van der Waals surface area contributed by atoms with Gasteiger partial charge in [0.1, 0.15) is 18.1 Å². The minimum absolute atomic E-state index is 0.0606. The van der Waals surface area contributed by atoms with Gasteiger partial charge in [-0.2, -0.15) is 0 Å². The summed E-state index contributed by atoms with van der Waals surface area (Å²) in [7, 11) is 0. The van der Waals surface area contributed by atoms with Crippen LogP contribution in [0.25, 0.3) is 0 Å². The van der Waals surface area contributed by atoms with Gasteiger partial charge in [-0.3, -0.25) is 4.79 Å². The molecule has 1 saturated carbocycles. The van der Waals surface area contributed by atoms with E-state index in [0.29, 0.717) is 26.4 Å². The summed E-state index contributed by atoms with van der Waals surface area (Å²) < 4.78 is 16.2. The summed E-state index contributed by atoms with van der Waals surface area (Å²) >= 11 is 0. The minimum Gasteiger partial charge on any atom is -0.377 e. The molecule has 1 aromatic heterocycles. The molecule has 122 valence electrons. The molecule has 0 atom stereocenters. The quantitative estimate of drug-likeness (QED) is 0.852. The predicted molar refractivity (Wildman–Crippen MR) is 79.2 cm³/mol. The predicted octanol–water partition coefficient (Wildman–Crippen LogP) is 2.06.